The number of hydrogen-bond donors (Lipinski definition) is 1. The Morgan fingerprint density at radius 3 is 2.80 bits per heavy atom. The van der Waals surface area contributed by atoms with Crippen molar-refractivity contribution in [1.29, 1.82) is 0 Å². The first kappa shape index (κ1) is 16.5. The molecule has 0 radical (unpaired) electrons. The van der Waals surface area contributed by atoms with Crippen LogP contribution in [0.1, 0.15) is 23.9 Å². The predicted molar refractivity (Wildman–Crippen MR) is 83.7 cm³/mol. The van der Waals surface area contributed by atoms with Gasteiger partial charge in [0.25, 0.3) is 0 Å². The maximum Gasteiger partial charge on any atom is 0.123 e. The summed E-state index contributed by atoms with van der Waals surface area (Å²) < 4.78 is 7.59. The summed E-state index contributed by atoms with van der Waals surface area (Å²) in [5, 5.41) is 0. The second-order valence-corrected chi connectivity index (χ2v) is 4.51. The number of aromatic nitrogens is 2. The van der Waals surface area contributed by atoms with Crippen molar-refractivity contribution < 1.29 is 4.74 Å². The van der Waals surface area contributed by atoms with Crippen molar-refractivity contribution >= 4 is 12.4 Å². The van der Waals surface area contributed by atoms with Crippen molar-refractivity contribution in [3.8, 4) is 5.75 Å². The Kier molecular flexibility index (Phi) is 6.55. The van der Waals surface area contributed by atoms with Gasteiger partial charge in [-0.2, -0.15) is 0 Å². The molecule has 2 N–H and O–H groups in total. The summed E-state index contributed by atoms with van der Waals surface area (Å²) in [4.78, 5) is 4.35. The molecule has 0 saturated carbocycles. The maximum atomic E-state index is 5.62. The molecule has 0 unspecified atom stereocenters. The highest BCUT2D eigenvalue weighted by Gasteiger charge is 2.07. The Balaban J connectivity index is 0.00000200. The normalized spacial score (nSPS) is 10.2. The fourth-order valence-corrected chi connectivity index (χ4v) is 2.26. The van der Waals surface area contributed by atoms with E-state index in [-0.39, 0.29) is 12.4 Å². The zero-order chi connectivity index (χ0) is 13.7. The number of aryl methyl sites for hydroxylation is 1. The van der Waals surface area contributed by atoms with Crippen LogP contribution >= 0.6 is 12.4 Å². The van der Waals surface area contributed by atoms with Gasteiger partial charge in [0.15, 0.2) is 0 Å². The van der Waals surface area contributed by atoms with Crippen molar-refractivity contribution in [2.24, 2.45) is 5.73 Å². The van der Waals surface area contributed by atoms with E-state index >= 15 is 0 Å². The lowest BCUT2D eigenvalue weighted by Gasteiger charge is -2.12. The number of nitrogens with two attached hydrogens (primary N) is 1. The minimum Gasteiger partial charge on any atom is -0.496 e. The van der Waals surface area contributed by atoms with Gasteiger partial charge < -0.3 is 15.0 Å². The molecule has 0 aliphatic heterocycles. The van der Waals surface area contributed by atoms with Crippen LogP contribution in [0.3, 0.4) is 0 Å². The molecule has 1 heterocycles. The smallest absolute Gasteiger partial charge is 0.123 e. The third-order valence-corrected chi connectivity index (χ3v) is 3.24. The van der Waals surface area contributed by atoms with Crippen LogP contribution in [0.5, 0.6) is 5.75 Å². The summed E-state index contributed by atoms with van der Waals surface area (Å²) in [6.07, 6.45) is 5.67. The molecule has 0 saturated heterocycles. The Morgan fingerprint density at radius 2 is 2.15 bits per heavy atom. The monoisotopic (exact) mass is 295 g/mol. The molecule has 0 spiro atoms. The molecule has 1 aromatic heterocycles. The average molecular weight is 296 g/mol. The summed E-state index contributed by atoms with van der Waals surface area (Å²) in [5.74, 6) is 2.00. The van der Waals surface area contributed by atoms with Crippen molar-refractivity contribution in [3.63, 3.8) is 0 Å². The molecule has 2 aromatic rings. The number of rotatable bonds is 6. The van der Waals surface area contributed by atoms with Crippen molar-refractivity contribution in [2.75, 3.05) is 13.7 Å². The van der Waals surface area contributed by atoms with Gasteiger partial charge in [-0.05, 0) is 24.6 Å². The van der Waals surface area contributed by atoms with Crippen molar-refractivity contribution in [1.82, 2.24) is 9.55 Å². The maximum absolute atomic E-state index is 5.62. The Morgan fingerprint density at radius 1 is 1.35 bits per heavy atom. The summed E-state index contributed by atoms with van der Waals surface area (Å²) in [5.41, 5.74) is 8.03. The Labute approximate surface area is 126 Å². The van der Waals surface area contributed by atoms with E-state index in [9.17, 15) is 0 Å². The Bertz CT molecular complexity index is 540. The van der Waals surface area contributed by atoms with E-state index in [4.69, 9.17) is 10.5 Å². The molecule has 0 aliphatic rings. The summed E-state index contributed by atoms with van der Waals surface area (Å²) in [6.45, 7) is 3.56. The molecular formula is C15H22ClN3O. The topological polar surface area (TPSA) is 53.1 Å². The third-order valence-electron chi connectivity index (χ3n) is 3.24. The molecule has 0 amide bonds. The van der Waals surface area contributed by atoms with Gasteiger partial charge in [0, 0.05) is 24.4 Å². The van der Waals surface area contributed by atoms with Gasteiger partial charge in [-0.1, -0.05) is 19.1 Å². The van der Waals surface area contributed by atoms with E-state index in [0.29, 0.717) is 6.54 Å². The molecule has 4 nitrogen and oxygen atoms in total. The number of hydrogen-bond acceptors (Lipinski definition) is 3. The van der Waals surface area contributed by atoms with Crippen molar-refractivity contribution in [3.05, 3.63) is 47.5 Å². The zero-order valence-corrected chi connectivity index (χ0v) is 12.8. The van der Waals surface area contributed by atoms with Crippen molar-refractivity contribution in [2.45, 2.75) is 26.3 Å². The lowest BCUT2D eigenvalue weighted by Crippen LogP contribution is -2.07. The van der Waals surface area contributed by atoms with E-state index in [1.54, 1.807) is 7.11 Å². The summed E-state index contributed by atoms with van der Waals surface area (Å²) in [7, 11) is 1.70. The first-order valence-electron chi connectivity index (χ1n) is 6.64. The molecule has 1 aromatic carbocycles. The minimum atomic E-state index is 0. The van der Waals surface area contributed by atoms with Crippen LogP contribution in [0, 0.1) is 0 Å². The summed E-state index contributed by atoms with van der Waals surface area (Å²) >= 11 is 0. The number of benzene rings is 1. The molecule has 0 bridgehead atoms. The standard InChI is InChI=1S/C15H21N3O.ClH/c1-3-15-17-8-9-18(15)11-13-10-12(6-7-16)4-5-14(13)19-2;/h4-5,8-10H,3,6-7,11,16H2,1-2H3;1H. The van der Waals surface area contributed by atoms with Crippen LogP contribution in [0.2, 0.25) is 0 Å². The fourth-order valence-electron chi connectivity index (χ4n) is 2.26. The van der Waals surface area contributed by atoms with E-state index in [2.05, 4.69) is 28.6 Å². The van der Waals surface area contributed by atoms with Gasteiger partial charge in [0.1, 0.15) is 11.6 Å². The Hall–Kier alpha value is -1.52. The van der Waals surface area contributed by atoms with Crippen LogP contribution in [-0.2, 0) is 19.4 Å². The molecule has 5 heteroatoms. The van der Waals surface area contributed by atoms with Gasteiger partial charge >= 0.3 is 0 Å². The SMILES string of the molecule is CCc1nccn1Cc1cc(CCN)ccc1OC.Cl. The van der Waals surface area contributed by atoms with Gasteiger partial charge in [0.2, 0.25) is 0 Å². The molecule has 110 valence electrons. The fraction of sp³-hybridized carbons (Fsp3) is 0.400. The number of halogens is 1. The number of nitrogens with zero attached hydrogens (tertiary/aromatic N) is 2. The molecule has 20 heavy (non-hydrogen) atoms. The molecule has 0 fully saturated rings. The largest absolute Gasteiger partial charge is 0.496 e. The van der Waals surface area contributed by atoms with Gasteiger partial charge in [-0.15, -0.1) is 12.4 Å². The second-order valence-electron chi connectivity index (χ2n) is 4.51. The first-order chi connectivity index (χ1) is 9.28. The van der Waals surface area contributed by atoms with E-state index < -0.39 is 0 Å². The van der Waals surface area contributed by atoms with E-state index in [1.165, 1.54) is 11.1 Å². The molecule has 0 atom stereocenters. The van der Waals surface area contributed by atoms with E-state index in [1.807, 2.05) is 18.5 Å². The van der Waals surface area contributed by atoms with Crippen LogP contribution in [0.4, 0.5) is 0 Å². The zero-order valence-electron chi connectivity index (χ0n) is 12.0. The highest BCUT2D eigenvalue weighted by molar-refractivity contribution is 5.85. The molecule has 2 rings (SSSR count). The number of imidazole rings is 1. The lowest BCUT2D eigenvalue weighted by molar-refractivity contribution is 0.408. The first-order valence-corrected chi connectivity index (χ1v) is 6.64. The van der Waals surface area contributed by atoms with Crippen LogP contribution in [0.15, 0.2) is 30.6 Å². The van der Waals surface area contributed by atoms with Crippen LogP contribution in [-0.4, -0.2) is 23.2 Å². The average Bonchev–Trinajstić information content (AvgIpc) is 2.87. The highest BCUT2D eigenvalue weighted by atomic mass is 35.5. The second kappa shape index (κ2) is 7.92. The molecular weight excluding hydrogens is 274 g/mol. The minimum absolute atomic E-state index is 0. The highest BCUT2D eigenvalue weighted by Crippen LogP contribution is 2.21. The van der Waals surface area contributed by atoms with Gasteiger partial charge in [-0.3, -0.25) is 0 Å². The number of methoxy groups -OCH3 is 1. The third kappa shape index (κ3) is 3.74. The molecule has 0 aliphatic carbocycles. The predicted octanol–water partition coefficient (Wildman–Crippen LogP) is 2.43. The number of ether oxygens (including phenoxy) is 1. The lowest BCUT2D eigenvalue weighted by atomic mass is 10.1. The summed E-state index contributed by atoms with van der Waals surface area (Å²) in [6, 6.07) is 6.26. The van der Waals surface area contributed by atoms with Gasteiger partial charge in [0.05, 0.1) is 13.7 Å². The quantitative estimate of drug-likeness (QED) is 0.890. The van der Waals surface area contributed by atoms with Crippen LogP contribution < -0.4 is 10.5 Å². The van der Waals surface area contributed by atoms with Crippen LogP contribution in [0.25, 0.3) is 0 Å². The van der Waals surface area contributed by atoms with Gasteiger partial charge in [-0.25, -0.2) is 4.98 Å². The van der Waals surface area contributed by atoms with E-state index in [0.717, 1.165) is 31.0 Å².